The molecule has 2 rings (SSSR count). The highest BCUT2D eigenvalue weighted by Gasteiger charge is 2.27. The van der Waals surface area contributed by atoms with Gasteiger partial charge in [-0.15, -0.1) is 0 Å². The lowest BCUT2D eigenvalue weighted by atomic mass is 9.85. The molecule has 1 aromatic rings. The highest BCUT2D eigenvalue weighted by atomic mass is 14.7. The SMILES string of the molecule is CC1Cc2ccc(C(C)(C)C)cc2C1N. The molecule has 15 heavy (non-hydrogen) atoms. The van der Waals surface area contributed by atoms with Crippen LogP contribution in [0.3, 0.4) is 0 Å². The summed E-state index contributed by atoms with van der Waals surface area (Å²) in [6, 6.07) is 7.06. The summed E-state index contributed by atoms with van der Waals surface area (Å²) in [5.74, 6) is 0.593. The smallest absolute Gasteiger partial charge is 0.0326 e. The Morgan fingerprint density at radius 3 is 2.53 bits per heavy atom. The molecule has 0 amide bonds. The van der Waals surface area contributed by atoms with E-state index in [1.165, 1.54) is 16.7 Å². The van der Waals surface area contributed by atoms with Crippen molar-refractivity contribution in [1.29, 1.82) is 0 Å². The van der Waals surface area contributed by atoms with Gasteiger partial charge in [-0.1, -0.05) is 45.9 Å². The molecule has 1 aliphatic carbocycles. The summed E-state index contributed by atoms with van der Waals surface area (Å²) >= 11 is 0. The first-order chi connectivity index (χ1) is 6.89. The molecule has 0 spiro atoms. The molecule has 0 saturated heterocycles. The molecule has 0 fully saturated rings. The zero-order chi connectivity index (χ0) is 11.2. The maximum atomic E-state index is 6.20. The van der Waals surface area contributed by atoms with E-state index >= 15 is 0 Å². The molecule has 1 aliphatic rings. The maximum Gasteiger partial charge on any atom is 0.0326 e. The van der Waals surface area contributed by atoms with Crippen molar-refractivity contribution in [2.75, 3.05) is 0 Å². The minimum atomic E-state index is 0.223. The quantitative estimate of drug-likeness (QED) is 0.688. The van der Waals surface area contributed by atoms with Crippen LogP contribution >= 0.6 is 0 Å². The summed E-state index contributed by atoms with van der Waals surface area (Å²) in [7, 11) is 0. The third kappa shape index (κ3) is 1.81. The number of benzene rings is 1. The highest BCUT2D eigenvalue weighted by molar-refractivity contribution is 5.40. The number of rotatable bonds is 0. The summed E-state index contributed by atoms with van der Waals surface area (Å²) in [5, 5.41) is 0. The molecule has 0 saturated carbocycles. The summed E-state index contributed by atoms with van der Waals surface area (Å²) < 4.78 is 0. The highest BCUT2D eigenvalue weighted by Crippen LogP contribution is 2.36. The Hall–Kier alpha value is -0.820. The van der Waals surface area contributed by atoms with Crippen LogP contribution in [0.15, 0.2) is 18.2 Å². The Labute approximate surface area is 92.7 Å². The fraction of sp³-hybridized carbons (Fsp3) is 0.571. The molecular formula is C14H21N. The molecule has 0 aliphatic heterocycles. The molecule has 0 bridgehead atoms. The van der Waals surface area contributed by atoms with Crippen LogP contribution in [0.4, 0.5) is 0 Å². The van der Waals surface area contributed by atoms with Gasteiger partial charge in [-0.25, -0.2) is 0 Å². The van der Waals surface area contributed by atoms with E-state index in [0.29, 0.717) is 5.92 Å². The van der Waals surface area contributed by atoms with E-state index in [1.807, 2.05) is 0 Å². The number of hydrogen-bond donors (Lipinski definition) is 1. The van der Waals surface area contributed by atoms with Gasteiger partial charge in [0.05, 0.1) is 0 Å². The van der Waals surface area contributed by atoms with Gasteiger partial charge < -0.3 is 5.73 Å². The topological polar surface area (TPSA) is 26.0 Å². The summed E-state index contributed by atoms with van der Waals surface area (Å²) in [4.78, 5) is 0. The van der Waals surface area contributed by atoms with Gasteiger partial charge in [-0.2, -0.15) is 0 Å². The van der Waals surface area contributed by atoms with Gasteiger partial charge in [0.2, 0.25) is 0 Å². The van der Waals surface area contributed by atoms with Crippen LogP contribution < -0.4 is 5.73 Å². The fourth-order valence-corrected chi connectivity index (χ4v) is 2.34. The van der Waals surface area contributed by atoms with E-state index in [0.717, 1.165) is 6.42 Å². The average molecular weight is 203 g/mol. The predicted molar refractivity (Wildman–Crippen MR) is 64.9 cm³/mol. The molecule has 2 unspecified atom stereocenters. The molecule has 2 N–H and O–H groups in total. The molecule has 0 aromatic heterocycles. The van der Waals surface area contributed by atoms with Crippen LogP contribution in [-0.4, -0.2) is 0 Å². The normalized spacial score (nSPS) is 25.4. The van der Waals surface area contributed by atoms with E-state index in [1.54, 1.807) is 0 Å². The van der Waals surface area contributed by atoms with Gasteiger partial charge in [-0.05, 0) is 34.4 Å². The first kappa shape index (κ1) is 10.7. The molecule has 82 valence electrons. The number of hydrogen-bond acceptors (Lipinski definition) is 1. The molecule has 2 atom stereocenters. The van der Waals surface area contributed by atoms with Crippen LogP contribution in [0.2, 0.25) is 0 Å². The van der Waals surface area contributed by atoms with Crippen LogP contribution in [0.5, 0.6) is 0 Å². The first-order valence-corrected chi connectivity index (χ1v) is 5.78. The Kier molecular flexibility index (Phi) is 2.38. The maximum absolute atomic E-state index is 6.20. The van der Waals surface area contributed by atoms with Gasteiger partial charge in [-0.3, -0.25) is 0 Å². The van der Waals surface area contributed by atoms with Crippen LogP contribution in [0, 0.1) is 5.92 Å². The predicted octanol–water partition coefficient (Wildman–Crippen LogP) is 3.18. The Balaban J connectivity index is 2.44. The van der Waals surface area contributed by atoms with Crippen molar-refractivity contribution in [2.45, 2.75) is 45.6 Å². The van der Waals surface area contributed by atoms with Crippen molar-refractivity contribution in [2.24, 2.45) is 11.7 Å². The van der Waals surface area contributed by atoms with E-state index < -0.39 is 0 Å². The van der Waals surface area contributed by atoms with E-state index in [9.17, 15) is 0 Å². The minimum Gasteiger partial charge on any atom is -0.324 e. The Morgan fingerprint density at radius 1 is 1.27 bits per heavy atom. The van der Waals surface area contributed by atoms with Gasteiger partial charge in [0.1, 0.15) is 0 Å². The molecule has 1 nitrogen and oxygen atoms in total. The number of nitrogens with two attached hydrogens (primary N) is 1. The lowest BCUT2D eigenvalue weighted by molar-refractivity contribution is 0.512. The van der Waals surface area contributed by atoms with E-state index in [2.05, 4.69) is 45.9 Å². The average Bonchev–Trinajstić information content (AvgIpc) is 2.41. The van der Waals surface area contributed by atoms with Crippen molar-refractivity contribution in [1.82, 2.24) is 0 Å². The Morgan fingerprint density at radius 2 is 1.93 bits per heavy atom. The van der Waals surface area contributed by atoms with E-state index in [4.69, 9.17) is 5.73 Å². The van der Waals surface area contributed by atoms with Crippen molar-refractivity contribution in [3.63, 3.8) is 0 Å². The van der Waals surface area contributed by atoms with Crippen LogP contribution in [0.25, 0.3) is 0 Å². The second-order valence-corrected chi connectivity index (χ2v) is 5.87. The third-order valence-corrected chi connectivity index (χ3v) is 3.53. The third-order valence-electron chi connectivity index (χ3n) is 3.53. The molecular weight excluding hydrogens is 182 g/mol. The van der Waals surface area contributed by atoms with Gasteiger partial charge in [0.15, 0.2) is 0 Å². The Bertz CT molecular complexity index is 373. The van der Waals surface area contributed by atoms with Crippen molar-refractivity contribution in [3.05, 3.63) is 34.9 Å². The second kappa shape index (κ2) is 3.34. The standard InChI is InChI=1S/C14H21N/c1-9-7-10-5-6-11(14(2,3)4)8-12(10)13(9)15/h5-6,8-9,13H,7,15H2,1-4H3. The van der Waals surface area contributed by atoms with E-state index in [-0.39, 0.29) is 11.5 Å². The van der Waals surface area contributed by atoms with Crippen LogP contribution in [0.1, 0.15) is 50.4 Å². The molecule has 1 heteroatoms. The molecule has 1 aromatic carbocycles. The van der Waals surface area contributed by atoms with Crippen LogP contribution in [-0.2, 0) is 11.8 Å². The summed E-state index contributed by atoms with van der Waals surface area (Å²) in [5.41, 5.74) is 10.6. The molecule has 0 radical (unpaired) electrons. The zero-order valence-corrected chi connectivity index (χ0v) is 10.2. The molecule has 0 heterocycles. The van der Waals surface area contributed by atoms with Crippen molar-refractivity contribution < 1.29 is 0 Å². The second-order valence-electron chi connectivity index (χ2n) is 5.87. The summed E-state index contributed by atoms with van der Waals surface area (Å²) in [6.45, 7) is 8.98. The monoisotopic (exact) mass is 203 g/mol. The minimum absolute atomic E-state index is 0.223. The number of fused-ring (bicyclic) bond motifs is 1. The van der Waals surface area contributed by atoms with Gasteiger partial charge in [0, 0.05) is 6.04 Å². The van der Waals surface area contributed by atoms with Gasteiger partial charge in [0.25, 0.3) is 0 Å². The lowest BCUT2D eigenvalue weighted by Crippen LogP contribution is -2.15. The van der Waals surface area contributed by atoms with Gasteiger partial charge >= 0.3 is 0 Å². The zero-order valence-electron chi connectivity index (χ0n) is 10.2. The largest absolute Gasteiger partial charge is 0.324 e. The van der Waals surface area contributed by atoms with Crippen molar-refractivity contribution in [3.8, 4) is 0 Å². The summed E-state index contributed by atoms with van der Waals surface area (Å²) in [6.07, 6.45) is 1.14. The first-order valence-electron chi connectivity index (χ1n) is 5.78. The fourth-order valence-electron chi connectivity index (χ4n) is 2.34. The van der Waals surface area contributed by atoms with Crippen molar-refractivity contribution >= 4 is 0 Å². The lowest BCUT2D eigenvalue weighted by Gasteiger charge is -2.21.